The minimum atomic E-state index is 0.827. The van der Waals surface area contributed by atoms with E-state index in [4.69, 9.17) is 11.6 Å². The van der Waals surface area contributed by atoms with Gasteiger partial charge in [-0.15, -0.1) is 11.6 Å². The second-order valence-electron chi connectivity index (χ2n) is 2.29. The molecule has 2 nitrogen and oxygen atoms in total. The van der Waals surface area contributed by atoms with Gasteiger partial charge in [-0.05, 0) is 6.42 Å². The lowest BCUT2D eigenvalue weighted by Crippen LogP contribution is -1.70. The van der Waals surface area contributed by atoms with E-state index in [0.717, 1.165) is 5.88 Å². The summed E-state index contributed by atoms with van der Waals surface area (Å²) in [5.41, 5.74) is 0. The minimum absolute atomic E-state index is 0.827. The zero-order chi connectivity index (χ0) is 9.07. The molecule has 1 rings (SSSR count). The number of halogens is 1. The number of alkyl halides is 1. The van der Waals surface area contributed by atoms with E-state index in [-0.39, 0.29) is 0 Å². The summed E-state index contributed by atoms with van der Waals surface area (Å²) in [5, 5.41) is 0. The van der Waals surface area contributed by atoms with Crippen LogP contribution >= 0.6 is 11.6 Å². The first kappa shape index (κ1) is 11.4. The first-order valence-corrected chi connectivity index (χ1v) is 4.71. The zero-order valence-corrected chi connectivity index (χ0v) is 8.17. The maximum atomic E-state index is 5.38. The van der Waals surface area contributed by atoms with Gasteiger partial charge in [-0.2, -0.15) is 0 Å². The third kappa shape index (κ3) is 9.37. The van der Waals surface area contributed by atoms with Crippen molar-refractivity contribution >= 4 is 11.6 Å². The molecule has 0 saturated carbocycles. The monoisotopic (exact) mass is 186 g/mol. The third-order valence-corrected chi connectivity index (χ3v) is 1.48. The molecule has 3 heteroatoms. The second-order valence-corrected chi connectivity index (χ2v) is 2.67. The van der Waals surface area contributed by atoms with E-state index >= 15 is 0 Å². The number of unbranched alkanes of at least 4 members (excludes halogenated alkanes) is 2. The lowest BCUT2D eigenvalue weighted by molar-refractivity contribution is 0.776. The van der Waals surface area contributed by atoms with Crippen molar-refractivity contribution in [3.63, 3.8) is 0 Å². The van der Waals surface area contributed by atoms with Crippen molar-refractivity contribution in [2.75, 3.05) is 5.88 Å². The largest absolute Gasteiger partial charge is 0.262 e. The molecule has 0 unspecified atom stereocenters. The van der Waals surface area contributed by atoms with Crippen LogP contribution in [0.4, 0.5) is 0 Å². The fourth-order valence-corrected chi connectivity index (χ4v) is 0.787. The SMILES string of the molecule is CCCCCCl.c1cnccn1. The Balaban J connectivity index is 0.000000202. The number of hydrogen-bond donors (Lipinski definition) is 0. The van der Waals surface area contributed by atoms with E-state index in [1.165, 1.54) is 19.3 Å². The summed E-state index contributed by atoms with van der Waals surface area (Å²) < 4.78 is 0. The molecular weight excluding hydrogens is 172 g/mol. The maximum absolute atomic E-state index is 5.38. The summed E-state index contributed by atoms with van der Waals surface area (Å²) in [6.07, 6.45) is 10.3. The number of rotatable bonds is 3. The average molecular weight is 187 g/mol. The molecule has 0 atom stereocenters. The molecule has 12 heavy (non-hydrogen) atoms. The van der Waals surface area contributed by atoms with Gasteiger partial charge in [0.15, 0.2) is 0 Å². The van der Waals surface area contributed by atoms with E-state index in [0.29, 0.717) is 0 Å². The average Bonchev–Trinajstić information content (AvgIpc) is 2.18. The highest BCUT2D eigenvalue weighted by molar-refractivity contribution is 6.17. The first-order chi connectivity index (χ1) is 5.91. The summed E-state index contributed by atoms with van der Waals surface area (Å²) >= 11 is 5.38. The van der Waals surface area contributed by atoms with Crippen molar-refractivity contribution in [2.24, 2.45) is 0 Å². The molecule has 0 aromatic carbocycles. The Hall–Kier alpha value is -0.630. The second kappa shape index (κ2) is 10.4. The van der Waals surface area contributed by atoms with Crippen molar-refractivity contribution in [1.82, 2.24) is 9.97 Å². The molecule has 68 valence electrons. The molecule has 1 aromatic rings. The van der Waals surface area contributed by atoms with Gasteiger partial charge in [-0.1, -0.05) is 19.8 Å². The van der Waals surface area contributed by atoms with E-state index in [9.17, 15) is 0 Å². The van der Waals surface area contributed by atoms with Gasteiger partial charge in [0.05, 0.1) is 0 Å². The Bertz CT molecular complexity index is 125. The van der Waals surface area contributed by atoms with Crippen LogP contribution in [0.15, 0.2) is 24.8 Å². The maximum Gasteiger partial charge on any atom is 0.0451 e. The van der Waals surface area contributed by atoms with Crippen LogP contribution in [0.2, 0.25) is 0 Å². The lowest BCUT2D eigenvalue weighted by Gasteiger charge is -1.84. The molecule has 0 fully saturated rings. The quantitative estimate of drug-likeness (QED) is 0.536. The third-order valence-electron chi connectivity index (χ3n) is 1.21. The van der Waals surface area contributed by atoms with Crippen molar-refractivity contribution in [3.05, 3.63) is 24.8 Å². The van der Waals surface area contributed by atoms with E-state index < -0.39 is 0 Å². The molecule has 0 radical (unpaired) electrons. The Morgan fingerprint density at radius 1 is 1.00 bits per heavy atom. The van der Waals surface area contributed by atoms with Crippen LogP contribution < -0.4 is 0 Å². The van der Waals surface area contributed by atoms with Crippen LogP contribution in [0.25, 0.3) is 0 Å². The zero-order valence-electron chi connectivity index (χ0n) is 7.41. The van der Waals surface area contributed by atoms with Crippen LogP contribution in [-0.2, 0) is 0 Å². The van der Waals surface area contributed by atoms with Crippen molar-refractivity contribution < 1.29 is 0 Å². The van der Waals surface area contributed by atoms with Gasteiger partial charge in [-0.3, -0.25) is 9.97 Å². The normalized spacial score (nSPS) is 8.50. The molecule has 0 N–H and O–H groups in total. The number of hydrogen-bond acceptors (Lipinski definition) is 2. The van der Waals surface area contributed by atoms with Gasteiger partial charge in [0.25, 0.3) is 0 Å². The van der Waals surface area contributed by atoms with Crippen LogP contribution in [0.1, 0.15) is 26.2 Å². The topological polar surface area (TPSA) is 25.8 Å². The Morgan fingerprint density at radius 3 is 1.67 bits per heavy atom. The van der Waals surface area contributed by atoms with Gasteiger partial charge >= 0.3 is 0 Å². The summed E-state index contributed by atoms with van der Waals surface area (Å²) in [7, 11) is 0. The fourth-order valence-electron chi connectivity index (χ4n) is 0.598. The Morgan fingerprint density at radius 2 is 1.50 bits per heavy atom. The van der Waals surface area contributed by atoms with Crippen molar-refractivity contribution in [2.45, 2.75) is 26.2 Å². The summed E-state index contributed by atoms with van der Waals surface area (Å²) in [6.45, 7) is 2.17. The number of aromatic nitrogens is 2. The predicted octanol–water partition coefficient (Wildman–Crippen LogP) is 2.89. The summed E-state index contributed by atoms with van der Waals surface area (Å²) in [4.78, 5) is 7.44. The molecule has 0 aliphatic heterocycles. The molecule has 0 aliphatic carbocycles. The molecule has 0 aliphatic rings. The predicted molar refractivity (Wildman–Crippen MR) is 52.3 cm³/mol. The Kier molecular flexibility index (Phi) is 9.83. The van der Waals surface area contributed by atoms with Gasteiger partial charge in [-0.25, -0.2) is 0 Å². The first-order valence-electron chi connectivity index (χ1n) is 4.17. The van der Waals surface area contributed by atoms with Gasteiger partial charge in [0.2, 0.25) is 0 Å². The van der Waals surface area contributed by atoms with Crippen LogP contribution in [0.5, 0.6) is 0 Å². The van der Waals surface area contributed by atoms with Crippen LogP contribution in [0, 0.1) is 0 Å². The minimum Gasteiger partial charge on any atom is -0.262 e. The van der Waals surface area contributed by atoms with Crippen molar-refractivity contribution in [3.8, 4) is 0 Å². The highest BCUT2D eigenvalue weighted by Gasteiger charge is 1.76. The van der Waals surface area contributed by atoms with Gasteiger partial charge in [0.1, 0.15) is 0 Å². The number of nitrogens with zero attached hydrogens (tertiary/aromatic N) is 2. The van der Waals surface area contributed by atoms with E-state index in [1.54, 1.807) is 24.8 Å². The smallest absolute Gasteiger partial charge is 0.0451 e. The Labute approximate surface area is 79.0 Å². The summed E-state index contributed by atoms with van der Waals surface area (Å²) in [6, 6.07) is 0. The van der Waals surface area contributed by atoms with Crippen LogP contribution in [-0.4, -0.2) is 15.8 Å². The standard InChI is InChI=1S/C5H11Cl.C4H4N2/c1-2-3-4-5-6;1-2-6-4-3-5-1/h2-5H2,1H3;1-4H. The molecular formula is C9H15ClN2. The van der Waals surface area contributed by atoms with Crippen molar-refractivity contribution in [1.29, 1.82) is 0 Å². The molecule has 1 aromatic heterocycles. The lowest BCUT2D eigenvalue weighted by atomic mass is 10.3. The summed E-state index contributed by atoms with van der Waals surface area (Å²) in [5.74, 6) is 0.827. The molecule has 0 amide bonds. The van der Waals surface area contributed by atoms with E-state index in [2.05, 4.69) is 16.9 Å². The molecule has 0 spiro atoms. The highest BCUT2D eigenvalue weighted by atomic mass is 35.5. The van der Waals surface area contributed by atoms with Gasteiger partial charge in [0, 0.05) is 30.7 Å². The van der Waals surface area contributed by atoms with E-state index in [1.807, 2.05) is 0 Å². The molecule has 1 heterocycles. The van der Waals surface area contributed by atoms with Crippen LogP contribution in [0.3, 0.4) is 0 Å². The molecule has 0 saturated heterocycles. The highest BCUT2D eigenvalue weighted by Crippen LogP contribution is 1.93. The molecule has 0 bridgehead atoms. The van der Waals surface area contributed by atoms with Gasteiger partial charge < -0.3 is 0 Å². The fraction of sp³-hybridized carbons (Fsp3) is 0.556.